The second-order valence-electron chi connectivity index (χ2n) is 7.89. The molecule has 166 valence electrons. The molecule has 0 amide bonds. The molecule has 3 aromatic rings. The molecule has 0 radical (unpaired) electrons. The van der Waals surface area contributed by atoms with Crippen molar-refractivity contribution in [1.29, 1.82) is 0 Å². The van der Waals surface area contributed by atoms with E-state index in [9.17, 15) is 9.18 Å². The van der Waals surface area contributed by atoms with Crippen molar-refractivity contribution >= 4 is 6.08 Å². The minimum Gasteiger partial charge on any atom is -0.326 e. The Morgan fingerprint density at radius 2 is 1.84 bits per heavy atom. The van der Waals surface area contributed by atoms with E-state index in [1.165, 1.54) is 10.7 Å². The van der Waals surface area contributed by atoms with Crippen LogP contribution in [0, 0.1) is 5.82 Å². The van der Waals surface area contributed by atoms with E-state index in [0.29, 0.717) is 29.9 Å². The number of hydrogen-bond donors (Lipinski definition) is 2. The number of nitrogens with two attached hydrogens (primary N) is 1. The number of aromatic nitrogens is 2. The highest BCUT2D eigenvalue weighted by atomic mass is 19.1. The van der Waals surface area contributed by atoms with Crippen LogP contribution in [0.5, 0.6) is 0 Å². The molecule has 0 unspecified atom stereocenters. The molecular formula is C25H28FN5O. The van der Waals surface area contributed by atoms with Crippen molar-refractivity contribution < 1.29 is 4.39 Å². The maximum atomic E-state index is 14.0. The molecule has 1 saturated heterocycles. The van der Waals surface area contributed by atoms with Gasteiger partial charge in [0.1, 0.15) is 5.82 Å². The van der Waals surface area contributed by atoms with Crippen molar-refractivity contribution in [3.8, 4) is 11.3 Å². The zero-order valence-corrected chi connectivity index (χ0v) is 18.0. The highest BCUT2D eigenvalue weighted by Crippen LogP contribution is 2.21. The highest BCUT2D eigenvalue weighted by Gasteiger charge is 2.16. The minimum atomic E-state index is -0.337. The van der Waals surface area contributed by atoms with Crippen LogP contribution in [0.15, 0.2) is 65.5 Å². The first-order valence-electron chi connectivity index (χ1n) is 10.9. The van der Waals surface area contributed by atoms with E-state index >= 15 is 0 Å². The van der Waals surface area contributed by atoms with Crippen LogP contribution >= 0.6 is 0 Å². The van der Waals surface area contributed by atoms with Gasteiger partial charge in [-0.15, -0.1) is 0 Å². The van der Waals surface area contributed by atoms with Crippen molar-refractivity contribution in [2.24, 2.45) is 5.73 Å². The average molecular weight is 434 g/mol. The van der Waals surface area contributed by atoms with Crippen LogP contribution in [-0.2, 0) is 19.6 Å². The molecule has 1 aliphatic heterocycles. The summed E-state index contributed by atoms with van der Waals surface area (Å²) in [6.45, 7) is 4.60. The van der Waals surface area contributed by atoms with E-state index in [4.69, 9.17) is 5.73 Å². The number of allylic oxidation sites excluding steroid dienone is 1. The topological polar surface area (TPSA) is 76.2 Å². The van der Waals surface area contributed by atoms with Gasteiger partial charge in [-0.2, -0.15) is 5.10 Å². The summed E-state index contributed by atoms with van der Waals surface area (Å²) >= 11 is 0. The van der Waals surface area contributed by atoms with Crippen LogP contribution < -0.4 is 16.6 Å². The Hall–Kier alpha value is -3.13. The maximum Gasteiger partial charge on any atom is 0.271 e. The lowest BCUT2D eigenvalue weighted by Gasteiger charge is -2.27. The summed E-state index contributed by atoms with van der Waals surface area (Å²) in [5.41, 5.74) is 9.13. The summed E-state index contributed by atoms with van der Waals surface area (Å²) in [5, 5.41) is 7.92. The van der Waals surface area contributed by atoms with Crippen molar-refractivity contribution in [1.82, 2.24) is 20.0 Å². The maximum absolute atomic E-state index is 14.0. The summed E-state index contributed by atoms with van der Waals surface area (Å²) in [7, 11) is 0. The molecule has 1 aromatic heterocycles. The molecule has 0 bridgehead atoms. The number of hydrogen-bond acceptors (Lipinski definition) is 5. The second-order valence-corrected chi connectivity index (χ2v) is 7.89. The van der Waals surface area contributed by atoms with Crippen molar-refractivity contribution in [3.05, 3.63) is 93.5 Å². The molecule has 2 heterocycles. The van der Waals surface area contributed by atoms with Crippen LogP contribution in [0.1, 0.15) is 16.7 Å². The van der Waals surface area contributed by atoms with E-state index < -0.39 is 0 Å². The van der Waals surface area contributed by atoms with E-state index in [2.05, 4.69) is 15.3 Å². The van der Waals surface area contributed by atoms with Crippen LogP contribution in [-0.4, -0.2) is 40.9 Å². The molecule has 0 atom stereocenters. The molecule has 6 nitrogen and oxygen atoms in total. The molecule has 4 rings (SSSR count). The van der Waals surface area contributed by atoms with E-state index in [1.807, 2.05) is 48.6 Å². The van der Waals surface area contributed by atoms with Gasteiger partial charge in [0.05, 0.1) is 12.2 Å². The average Bonchev–Trinajstić information content (AvgIpc) is 2.83. The summed E-state index contributed by atoms with van der Waals surface area (Å²) in [5.74, 6) is -0.337. The fourth-order valence-corrected chi connectivity index (χ4v) is 3.83. The van der Waals surface area contributed by atoms with Crippen LogP contribution in [0.4, 0.5) is 4.39 Å². The zero-order valence-electron chi connectivity index (χ0n) is 18.0. The third kappa shape index (κ3) is 5.37. The lowest BCUT2D eigenvalue weighted by molar-refractivity contribution is 0.231. The van der Waals surface area contributed by atoms with Crippen LogP contribution in [0.2, 0.25) is 0 Å². The third-order valence-electron chi connectivity index (χ3n) is 5.60. The van der Waals surface area contributed by atoms with E-state index in [-0.39, 0.29) is 17.9 Å². The summed E-state index contributed by atoms with van der Waals surface area (Å²) in [6.07, 6.45) is 3.90. The SMILES string of the molecule is NCc1cc(-c2cc(CN3CCNCC3)c(=O)n(C/C=C/c3ccccc3)n2)ccc1F. The number of rotatable bonds is 7. The van der Waals surface area contributed by atoms with Gasteiger partial charge in [-0.25, -0.2) is 9.07 Å². The first kappa shape index (κ1) is 22.1. The lowest BCUT2D eigenvalue weighted by atomic mass is 10.1. The fraction of sp³-hybridized carbons (Fsp3) is 0.280. The van der Waals surface area contributed by atoms with Crippen LogP contribution in [0.25, 0.3) is 17.3 Å². The number of nitrogens with zero attached hydrogens (tertiary/aromatic N) is 3. The number of piperazine rings is 1. The molecule has 1 aliphatic rings. The molecule has 2 aromatic carbocycles. The largest absolute Gasteiger partial charge is 0.326 e. The highest BCUT2D eigenvalue weighted by molar-refractivity contribution is 5.60. The lowest BCUT2D eigenvalue weighted by Crippen LogP contribution is -2.44. The van der Waals surface area contributed by atoms with Gasteiger partial charge in [0.25, 0.3) is 5.56 Å². The third-order valence-corrected chi connectivity index (χ3v) is 5.60. The van der Waals surface area contributed by atoms with E-state index in [1.54, 1.807) is 12.1 Å². The number of nitrogens with one attached hydrogen (secondary N) is 1. The normalized spacial score (nSPS) is 14.8. The van der Waals surface area contributed by atoms with Gasteiger partial charge in [0.15, 0.2) is 0 Å². The van der Waals surface area contributed by atoms with Gasteiger partial charge in [0, 0.05) is 56.0 Å². The van der Waals surface area contributed by atoms with Crippen molar-refractivity contribution in [3.63, 3.8) is 0 Å². The smallest absolute Gasteiger partial charge is 0.271 e. The molecule has 0 spiro atoms. The van der Waals surface area contributed by atoms with Gasteiger partial charge in [-0.1, -0.05) is 42.5 Å². The monoisotopic (exact) mass is 433 g/mol. The van der Waals surface area contributed by atoms with Gasteiger partial charge >= 0.3 is 0 Å². The number of halogens is 1. The predicted molar refractivity (Wildman–Crippen MR) is 125 cm³/mol. The van der Waals surface area contributed by atoms with Gasteiger partial charge in [-0.05, 0) is 29.8 Å². The summed E-state index contributed by atoms with van der Waals surface area (Å²) in [4.78, 5) is 15.5. The fourth-order valence-electron chi connectivity index (χ4n) is 3.83. The Balaban J connectivity index is 1.68. The molecule has 0 saturated carbocycles. The molecule has 3 N–H and O–H groups in total. The van der Waals surface area contributed by atoms with Gasteiger partial charge in [0.2, 0.25) is 0 Å². The zero-order chi connectivity index (χ0) is 22.3. The van der Waals surface area contributed by atoms with E-state index in [0.717, 1.165) is 37.3 Å². The van der Waals surface area contributed by atoms with Crippen molar-refractivity contribution in [2.75, 3.05) is 26.2 Å². The Bertz CT molecular complexity index is 1140. The number of benzene rings is 2. The molecule has 0 aliphatic carbocycles. The summed E-state index contributed by atoms with van der Waals surface area (Å²) in [6, 6.07) is 16.5. The quantitative estimate of drug-likeness (QED) is 0.599. The summed E-state index contributed by atoms with van der Waals surface area (Å²) < 4.78 is 15.5. The van der Waals surface area contributed by atoms with Crippen molar-refractivity contribution in [2.45, 2.75) is 19.6 Å². The molecule has 7 heteroatoms. The minimum absolute atomic E-state index is 0.104. The first-order chi connectivity index (χ1) is 15.6. The molecular weight excluding hydrogens is 405 g/mol. The standard InChI is InChI=1S/C25H28FN5O/c26-23-9-8-20(15-21(23)17-27)24-16-22(18-30-13-10-28-11-14-30)25(32)31(29-24)12-4-7-19-5-2-1-3-6-19/h1-9,15-16,28H,10-14,17-18,27H2/b7-4+. The predicted octanol–water partition coefficient (Wildman–Crippen LogP) is 2.63. The Labute approximate surface area is 187 Å². The molecule has 1 fully saturated rings. The molecule has 32 heavy (non-hydrogen) atoms. The Morgan fingerprint density at radius 1 is 1.06 bits per heavy atom. The van der Waals surface area contributed by atoms with Gasteiger partial charge < -0.3 is 11.1 Å². The van der Waals surface area contributed by atoms with Gasteiger partial charge in [-0.3, -0.25) is 9.69 Å². The van der Waals surface area contributed by atoms with Crippen LogP contribution in [0.3, 0.4) is 0 Å². The first-order valence-corrected chi connectivity index (χ1v) is 10.9. The second kappa shape index (κ2) is 10.5. The Morgan fingerprint density at radius 3 is 2.59 bits per heavy atom. The Kier molecular flexibility index (Phi) is 7.21.